The Morgan fingerprint density at radius 3 is 2.52 bits per heavy atom. The molecular weight excluding hydrogens is 370 g/mol. The van der Waals surface area contributed by atoms with Crippen molar-refractivity contribution in [1.82, 2.24) is 24.9 Å². The van der Waals surface area contributed by atoms with E-state index >= 15 is 0 Å². The van der Waals surface area contributed by atoms with Crippen molar-refractivity contribution in [2.45, 2.75) is 44.4 Å². The van der Waals surface area contributed by atoms with Crippen LogP contribution in [-0.2, 0) is 9.53 Å². The van der Waals surface area contributed by atoms with E-state index < -0.39 is 0 Å². The maximum absolute atomic E-state index is 12.9. The molecule has 8 heteroatoms. The van der Waals surface area contributed by atoms with Crippen LogP contribution >= 0.6 is 0 Å². The molecule has 160 valence electrons. The number of nitrogens with one attached hydrogen (secondary N) is 1. The Kier molecular flexibility index (Phi) is 6.82. The molecule has 0 saturated carbocycles. The molecule has 29 heavy (non-hydrogen) atoms. The Labute approximate surface area is 172 Å². The molecule has 3 fully saturated rings. The van der Waals surface area contributed by atoms with E-state index in [0.29, 0.717) is 45.1 Å². The summed E-state index contributed by atoms with van der Waals surface area (Å²) in [7, 11) is 0. The van der Waals surface area contributed by atoms with Crippen LogP contribution in [0.5, 0.6) is 0 Å². The zero-order chi connectivity index (χ0) is 20.1. The average molecular weight is 404 g/mol. The number of carbonyl (C=O) groups is 2. The van der Waals surface area contributed by atoms with E-state index in [0.717, 1.165) is 38.2 Å². The Morgan fingerprint density at radius 2 is 1.76 bits per heavy atom. The number of amides is 2. The van der Waals surface area contributed by atoms with Gasteiger partial charge in [0.25, 0.3) is 5.91 Å². The molecule has 0 spiro atoms. The van der Waals surface area contributed by atoms with Crippen LogP contribution in [0, 0.1) is 0 Å². The highest BCUT2D eigenvalue weighted by Crippen LogP contribution is 2.26. The number of carbonyl (C=O) groups excluding carboxylic acids is 2. The Balaban J connectivity index is 1.34. The van der Waals surface area contributed by atoms with Crippen molar-refractivity contribution in [2.75, 3.05) is 59.0 Å². The molecule has 0 aliphatic carbocycles. The molecule has 1 atom stereocenters. The number of hydrogen-bond donors (Lipinski definition) is 1. The van der Waals surface area contributed by atoms with Crippen LogP contribution in [0.25, 0.3) is 0 Å². The fraction of sp³-hybridized carbons (Fsp3) is 0.762. The summed E-state index contributed by atoms with van der Waals surface area (Å²) in [6, 6.07) is 1.88. The number of likely N-dealkylation sites (tertiary alicyclic amines) is 2. The third-order valence-corrected chi connectivity index (χ3v) is 6.39. The highest BCUT2D eigenvalue weighted by atomic mass is 16.5. The quantitative estimate of drug-likeness (QED) is 0.823. The standard InChI is InChI=1S/C21H33N5O3/c27-20(16-24-7-3-1-2-4-8-24)26-9-5-6-17(15-26)18-14-19(23-22-18)21(28)25-10-12-29-13-11-25/h14,17H,1-13,15-16H2,(H,22,23). The minimum absolute atomic E-state index is 0.0410. The van der Waals surface area contributed by atoms with E-state index in [4.69, 9.17) is 4.74 Å². The van der Waals surface area contributed by atoms with Gasteiger partial charge in [-0.25, -0.2) is 0 Å². The lowest BCUT2D eigenvalue weighted by Crippen LogP contribution is -2.45. The summed E-state index contributed by atoms with van der Waals surface area (Å²) in [4.78, 5) is 31.6. The van der Waals surface area contributed by atoms with E-state index in [-0.39, 0.29) is 17.7 Å². The third kappa shape index (κ3) is 5.17. The van der Waals surface area contributed by atoms with Crippen molar-refractivity contribution in [3.8, 4) is 0 Å². The lowest BCUT2D eigenvalue weighted by molar-refractivity contribution is -0.133. The van der Waals surface area contributed by atoms with Gasteiger partial charge in [0.1, 0.15) is 5.69 Å². The number of aromatic nitrogens is 2. The van der Waals surface area contributed by atoms with Crippen molar-refractivity contribution >= 4 is 11.8 Å². The molecule has 0 radical (unpaired) electrons. The number of ether oxygens (including phenoxy) is 1. The first kappa shape index (κ1) is 20.3. The van der Waals surface area contributed by atoms with Gasteiger partial charge >= 0.3 is 0 Å². The number of morpholine rings is 1. The van der Waals surface area contributed by atoms with Crippen LogP contribution in [0.2, 0.25) is 0 Å². The van der Waals surface area contributed by atoms with Gasteiger partial charge in [-0.1, -0.05) is 12.8 Å². The lowest BCUT2D eigenvalue weighted by Gasteiger charge is -2.33. The van der Waals surface area contributed by atoms with Crippen LogP contribution in [-0.4, -0.2) is 95.7 Å². The Hall–Kier alpha value is -1.93. The fourth-order valence-electron chi connectivity index (χ4n) is 4.63. The first-order valence-corrected chi connectivity index (χ1v) is 11.1. The van der Waals surface area contributed by atoms with Gasteiger partial charge in [-0.3, -0.25) is 19.6 Å². The zero-order valence-electron chi connectivity index (χ0n) is 17.3. The molecule has 1 aromatic rings. The number of H-pyrrole nitrogens is 1. The minimum Gasteiger partial charge on any atom is -0.378 e. The van der Waals surface area contributed by atoms with Gasteiger partial charge in [0.15, 0.2) is 0 Å². The zero-order valence-corrected chi connectivity index (χ0v) is 17.3. The maximum Gasteiger partial charge on any atom is 0.274 e. The first-order valence-electron chi connectivity index (χ1n) is 11.1. The number of hydrogen-bond acceptors (Lipinski definition) is 5. The molecule has 3 aliphatic rings. The van der Waals surface area contributed by atoms with Crippen molar-refractivity contribution in [2.24, 2.45) is 0 Å². The van der Waals surface area contributed by atoms with Crippen LogP contribution < -0.4 is 0 Å². The van der Waals surface area contributed by atoms with E-state index in [1.54, 1.807) is 4.90 Å². The van der Waals surface area contributed by atoms with Crippen LogP contribution in [0.1, 0.15) is 60.6 Å². The summed E-state index contributed by atoms with van der Waals surface area (Å²) in [5.74, 6) is 0.414. The number of aromatic amines is 1. The van der Waals surface area contributed by atoms with Crippen LogP contribution in [0.4, 0.5) is 0 Å². The first-order chi connectivity index (χ1) is 14.2. The highest BCUT2D eigenvalue weighted by molar-refractivity contribution is 5.92. The summed E-state index contributed by atoms with van der Waals surface area (Å²) < 4.78 is 5.32. The van der Waals surface area contributed by atoms with Gasteiger partial charge in [0.05, 0.1) is 19.8 Å². The Bertz CT molecular complexity index is 692. The maximum atomic E-state index is 12.9. The molecule has 4 heterocycles. The topological polar surface area (TPSA) is 81.8 Å². The lowest BCUT2D eigenvalue weighted by atomic mass is 9.94. The van der Waals surface area contributed by atoms with Gasteiger partial charge in [0.2, 0.25) is 5.91 Å². The molecule has 0 aromatic carbocycles. The van der Waals surface area contributed by atoms with Crippen LogP contribution in [0.3, 0.4) is 0 Å². The monoisotopic (exact) mass is 403 g/mol. The number of piperidine rings is 1. The molecule has 0 bridgehead atoms. The third-order valence-electron chi connectivity index (χ3n) is 6.39. The molecule has 2 amide bonds. The van der Waals surface area contributed by atoms with Crippen molar-refractivity contribution in [1.29, 1.82) is 0 Å². The van der Waals surface area contributed by atoms with E-state index in [9.17, 15) is 9.59 Å². The van der Waals surface area contributed by atoms with Crippen molar-refractivity contribution < 1.29 is 14.3 Å². The molecule has 1 aromatic heterocycles. The van der Waals surface area contributed by atoms with Gasteiger partial charge in [-0.05, 0) is 44.8 Å². The molecule has 1 unspecified atom stereocenters. The number of nitrogens with zero attached hydrogens (tertiary/aromatic N) is 4. The summed E-state index contributed by atoms with van der Waals surface area (Å²) in [6.07, 6.45) is 6.96. The average Bonchev–Trinajstić information content (AvgIpc) is 3.12. The second kappa shape index (κ2) is 9.71. The smallest absolute Gasteiger partial charge is 0.274 e. The largest absolute Gasteiger partial charge is 0.378 e. The molecule has 3 saturated heterocycles. The molecular formula is C21H33N5O3. The fourth-order valence-corrected chi connectivity index (χ4v) is 4.63. The van der Waals surface area contributed by atoms with Gasteiger partial charge < -0.3 is 14.5 Å². The van der Waals surface area contributed by atoms with E-state index in [2.05, 4.69) is 15.1 Å². The minimum atomic E-state index is -0.0410. The summed E-state index contributed by atoms with van der Waals surface area (Å²) in [5, 5.41) is 7.34. The summed E-state index contributed by atoms with van der Waals surface area (Å²) in [6.45, 7) is 6.55. The van der Waals surface area contributed by atoms with Gasteiger partial charge in [-0.2, -0.15) is 5.10 Å². The molecule has 8 nitrogen and oxygen atoms in total. The SMILES string of the molecule is O=C(CN1CCCCCC1)N1CCCC(c2cc(C(=O)N3CCOCC3)n[nH]2)C1. The second-order valence-electron chi connectivity index (χ2n) is 8.48. The molecule has 1 N–H and O–H groups in total. The normalized spacial score (nSPS) is 24.3. The van der Waals surface area contributed by atoms with Gasteiger partial charge in [-0.15, -0.1) is 0 Å². The molecule has 4 rings (SSSR count). The second-order valence-corrected chi connectivity index (χ2v) is 8.48. The van der Waals surface area contributed by atoms with Crippen molar-refractivity contribution in [3.05, 3.63) is 17.5 Å². The predicted octanol–water partition coefficient (Wildman–Crippen LogP) is 1.46. The Morgan fingerprint density at radius 1 is 1.00 bits per heavy atom. The molecule has 3 aliphatic heterocycles. The van der Waals surface area contributed by atoms with Crippen molar-refractivity contribution in [3.63, 3.8) is 0 Å². The van der Waals surface area contributed by atoms with Crippen LogP contribution in [0.15, 0.2) is 6.07 Å². The summed E-state index contributed by atoms with van der Waals surface area (Å²) in [5.41, 5.74) is 1.43. The summed E-state index contributed by atoms with van der Waals surface area (Å²) >= 11 is 0. The highest BCUT2D eigenvalue weighted by Gasteiger charge is 2.28. The van der Waals surface area contributed by atoms with Gasteiger partial charge in [0, 0.05) is 37.8 Å². The van der Waals surface area contributed by atoms with E-state index in [1.165, 1.54) is 25.7 Å². The predicted molar refractivity (Wildman–Crippen MR) is 109 cm³/mol. The number of rotatable bonds is 4. The van der Waals surface area contributed by atoms with E-state index in [1.807, 2.05) is 11.0 Å².